The van der Waals surface area contributed by atoms with Crippen molar-refractivity contribution >= 4 is 35.2 Å². The lowest BCUT2D eigenvalue weighted by Crippen LogP contribution is -2.42. The van der Waals surface area contributed by atoms with Crippen molar-refractivity contribution in [3.8, 4) is 0 Å². The summed E-state index contributed by atoms with van der Waals surface area (Å²) in [6.07, 6.45) is 4.68. The fraction of sp³-hybridized carbons (Fsp3) is 0.130. The van der Waals surface area contributed by atoms with Gasteiger partial charge in [-0.2, -0.15) is 0 Å². The molecule has 0 saturated carbocycles. The van der Waals surface area contributed by atoms with Gasteiger partial charge in [0.25, 0.3) is 5.91 Å². The van der Waals surface area contributed by atoms with Crippen LogP contribution in [-0.2, 0) is 9.53 Å². The van der Waals surface area contributed by atoms with E-state index in [0.29, 0.717) is 10.0 Å². The first kappa shape index (κ1) is 19.5. The molecule has 2 aromatic carbocycles. The normalized spacial score (nSPS) is 20.6. The zero-order valence-corrected chi connectivity index (χ0v) is 17.1. The fourth-order valence-corrected chi connectivity index (χ4v) is 3.68. The van der Waals surface area contributed by atoms with Crippen molar-refractivity contribution in [2.45, 2.75) is 12.1 Å². The highest BCUT2D eigenvalue weighted by atomic mass is 35.5. The summed E-state index contributed by atoms with van der Waals surface area (Å²) in [6.45, 7) is 0. The van der Waals surface area contributed by atoms with E-state index in [1.54, 1.807) is 30.4 Å². The van der Waals surface area contributed by atoms with E-state index in [1.807, 2.05) is 60.7 Å². The van der Waals surface area contributed by atoms with Crippen LogP contribution < -0.4 is 0 Å². The molecule has 3 aromatic rings. The molecule has 0 radical (unpaired) electrons. The lowest BCUT2D eigenvalue weighted by molar-refractivity contribution is -0.144. The number of amides is 1. The maximum Gasteiger partial charge on any atom is 0.289 e. The Morgan fingerprint density at radius 1 is 0.966 bits per heavy atom. The monoisotopic (exact) mass is 424 g/mol. The van der Waals surface area contributed by atoms with E-state index in [9.17, 15) is 4.79 Å². The zero-order valence-electron chi connectivity index (χ0n) is 15.6. The van der Waals surface area contributed by atoms with Gasteiger partial charge in [-0.1, -0.05) is 53.5 Å². The molecule has 2 heterocycles. The third-order valence-corrected chi connectivity index (χ3v) is 5.39. The number of benzene rings is 2. The number of halogens is 2. The topological polar surface area (TPSA) is 42.4 Å². The van der Waals surface area contributed by atoms with Gasteiger partial charge in [0.1, 0.15) is 6.10 Å². The molecular weight excluding hydrogens is 407 g/mol. The minimum Gasteiger partial charge on any atom is -0.477 e. The second-order valence-electron chi connectivity index (χ2n) is 6.80. The Balaban J connectivity index is 1.78. The Labute approximate surface area is 179 Å². The Morgan fingerprint density at radius 2 is 1.59 bits per heavy atom. The van der Waals surface area contributed by atoms with E-state index in [2.05, 4.69) is 4.98 Å². The third-order valence-electron chi connectivity index (χ3n) is 4.88. The number of likely N-dealkylation sites (N-methyl/N-ethyl adjacent to an activating group) is 1. The number of pyridine rings is 1. The second kappa shape index (κ2) is 8.27. The van der Waals surface area contributed by atoms with Gasteiger partial charge in [0, 0.05) is 29.5 Å². The number of rotatable bonds is 3. The molecular formula is C23H18Cl2N2O2. The molecule has 1 aromatic heterocycles. The first-order chi connectivity index (χ1) is 14.0. The molecule has 4 nitrogen and oxygen atoms in total. The number of aromatic nitrogens is 1. The van der Waals surface area contributed by atoms with Gasteiger partial charge in [-0.15, -0.1) is 0 Å². The van der Waals surface area contributed by atoms with Crippen LogP contribution in [0.2, 0.25) is 10.0 Å². The molecule has 0 spiro atoms. The molecule has 1 amide bonds. The van der Waals surface area contributed by atoms with Crippen LogP contribution in [0.3, 0.4) is 0 Å². The van der Waals surface area contributed by atoms with Crippen molar-refractivity contribution in [1.82, 2.24) is 9.88 Å². The van der Waals surface area contributed by atoms with E-state index >= 15 is 0 Å². The van der Waals surface area contributed by atoms with Gasteiger partial charge in [0.15, 0.2) is 5.76 Å². The van der Waals surface area contributed by atoms with Crippen molar-refractivity contribution in [2.75, 3.05) is 7.05 Å². The average molecular weight is 425 g/mol. The van der Waals surface area contributed by atoms with Gasteiger partial charge >= 0.3 is 0 Å². The molecule has 1 fully saturated rings. The molecule has 1 saturated heterocycles. The fourth-order valence-electron chi connectivity index (χ4n) is 3.42. The van der Waals surface area contributed by atoms with Crippen LogP contribution in [0.5, 0.6) is 0 Å². The summed E-state index contributed by atoms with van der Waals surface area (Å²) in [5.41, 5.74) is 2.65. The predicted octanol–water partition coefficient (Wildman–Crippen LogP) is 5.70. The van der Waals surface area contributed by atoms with Gasteiger partial charge in [-0.05, 0) is 53.1 Å². The molecule has 2 atom stereocenters. The third kappa shape index (κ3) is 4.14. The summed E-state index contributed by atoms with van der Waals surface area (Å²) in [4.78, 5) is 18.9. The number of hydrogen-bond donors (Lipinski definition) is 0. The van der Waals surface area contributed by atoms with Gasteiger partial charge in [0.2, 0.25) is 0 Å². The van der Waals surface area contributed by atoms with Crippen molar-refractivity contribution in [3.63, 3.8) is 0 Å². The molecule has 0 aliphatic carbocycles. The van der Waals surface area contributed by atoms with Crippen LogP contribution in [-0.4, -0.2) is 22.8 Å². The van der Waals surface area contributed by atoms with Crippen LogP contribution in [0.25, 0.3) is 6.08 Å². The van der Waals surface area contributed by atoms with Crippen LogP contribution in [0.4, 0.5) is 0 Å². The highest BCUT2D eigenvalue weighted by molar-refractivity contribution is 6.30. The zero-order chi connectivity index (χ0) is 20.4. The molecule has 1 aliphatic heterocycles. The quantitative estimate of drug-likeness (QED) is 0.506. The largest absolute Gasteiger partial charge is 0.477 e. The van der Waals surface area contributed by atoms with Crippen LogP contribution >= 0.6 is 23.2 Å². The molecule has 2 unspecified atom stereocenters. The molecule has 6 heteroatoms. The highest BCUT2D eigenvalue weighted by Crippen LogP contribution is 2.43. The lowest BCUT2D eigenvalue weighted by Gasteiger charge is -2.40. The Hall–Kier alpha value is -2.82. The standard InChI is InChI=1S/C23H18Cl2N2O2/c1-27-21(16-4-8-18(24)9-5-16)22(17-6-10-19(25)11-7-17)29-20(23(27)28)13-15-3-2-12-26-14-15/h2-14,21-22H,1H3. The van der Waals surface area contributed by atoms with Gasteiger partial charge in [-0.25, -0.2) is 0 Å². The van der Waals surface area contributed by atoms with Crippen molar-refractivity contribution < 1.29 is 9.53 Å². The summed E-state index contributed by atoms with van der Waals surface area (Å²) < 4.78 is 6.26. The highest BCUT2D eigenvalue weighted by Gasteiger charge is 2.40. The second-order valence-corrected chi connectivity index (χ2v) is 7.67. The minimum absolute atomic E-state index is 0.195. The summed E-state index contributed by atoms with van der Waals surface area (Å²) in [5.74, 6) is 0.0738. The molecule has 29 heavy (non-hydrogen) atoms. The van der Waals surface area contributed by atoms with E-state index in [1.165, 1.54) is 0 Å². The van der Waals surface area contributed by atoms with Crippen LogP contribution in [0.1, 0.15) is 28.8 Å². The first-order valence-electron chi connectivity index (χ1n) is 9.09. The van der Waals surface area contributed by atoms with Gasteiger partial charge < -0.3 is 9.64 Å². The Kier molecular flexibility index (Phi) is 5.56. The Bertz CT molecular complexity index is 1030. The van der Waals surface area contributed by atoms with E-state index in [4.69, 9.17) is 27.9 Å². The Morgan fingerprint density at radius 3 is 2.17 bits per heavy atom. The van der Waals surface area contributed by atoms with Crippen molar-refractivity contribution in [3.05, 3.63) is 106 Å². The smallest absolute Gasteiger partial charge is 0.289 e. The maximum atomic E-state index is 13.1. The van der Waals surface area contributed by atoms with E-state index in [0.717, 1.165) is 16.7 Å². The molecule has 0 bridgehead atoms. The van der Waals surface area contributed by atoms with E-state index < -0.39 is 6.10 Å². The number of carbonyl (C=O) groups excluding carboxylic acids is 1. The minimum atomic E-state index is -0.404. The maximum absolute atomic E-state index is 13.1. The number of carbonyl (C=O) groups is 1. The number of nitrogens with zero attached hydrogens (tertiary/aromatic N) is 2. The molecule has 146 valence electrons. The number of hydrogen-bond acceptors (Lipinski definition) is 3. The van der Waals surface area contributed by atoms with Gasteiger partial charge in [0.05, 0.1) is 6.04 Å². The van der Waals surface area contributed by atoms with Crippen molar-refractivity contribution in [2.24, 2.45) is 0 Å². The molecule has 0 N–H and O–H groups in total. The van der Waals surface area contributed by atoms with Crippen LogP contribution in [0, 0.1) is 0 Å². The number of ether oxygens (including phenoxy) is 1. The summed E-state index contributed by atoms with van der Waals surface area (Å²) in [5, 5.41) is 1.28. The molecule has 4 rings (SSSR count). The van der Waals surface area contributed by atoms with Gasteiger partial charge in [-0.3, -0.25) is 9.78 Å². The predicted molar refractivity (Wildman–Crippen MR) is 114 cm³/mol. The summed E-state index contributed by atoms with van der Waals surface area (Å²) >= 11 is 12.1. The lowest BCUT2D eigenvalue weighted by atomic mass is 9.92. The first-order valence-corrected chi connectivity index (χ1v) is 9.85. The van der Waals surface area contributed by atoms with Crippen LogP contribution in [0.15, 0.2) is 78.8 Å². The molecule has 1 aliphatic rings. The summed E-state index contributed by atoms with van der Waals surface area (Å²) in [6, 6.07) is 18.3. The van der Waals surface area contributed by atoms with Crippen molar-refractivity contribution in [1.29, 1.82) is 0 Å². The number of morpholine rings is 1. The average Bonchev–Trinajstić information content (AvgIpc) is 2.74. The summed E-state index contributed by atoms with van der Waals surface area (Å²) in [7, 11) is 1.78. The van der Waals surface area contributed by atoms with E-state index in [-0.39, 0.29) is 17.7 Å². The SMILES string of the molecule is CN1C(=O)C(=Cc2cccnc2)OC(c2ccc(Cl)cc2)C1c1ccc(Cl)cc1.